The number of ether oxygens (including phenoxy) is 1. The van der Waals surface area contributed by atoms with Crippen LogP contribution in [0.3, 0.4) is 0 Å². The van der Waals surface area contributed by atoms with Gasteiger partial charge >= 0.3 is 0 Å². The Hall–Kier alpha value is -1.58. The Morgan fingerprint density at radius 2 is 2.29 bits per heavy atom. The summed E-state index contributed by atoms with van der Waals surface area (Å²) in [7, 11) is 1.35. The van der Waals surface area contributed by atoms with Crippen LogP contribution >= 0.6 is 0 Å². The van der Waals surface area contributed by atoms with Gasteiger partial charge in [0.15, 0.2) is 11.6 Å². The number of aromatic hydroxyl groups is 1. The standard InChI is InChI=1S/C10H11FO3/c1-14-10-5-7(3-2-4-12)9(13)6-8(10)11/h4-6,13H,2-3H2,1H3. The molecule has 0 aliphatic heterocycles. The number of halogens is 1. The van der Waals surface area contributed by atoms with E-state index in [9.17, 15) is 14.3 Å². The van der Waals surface area contributed by atoms with Crippen LogP contribution in [0, 0.1) is 5.82 Å². The van der Waals surface area contributed by atoms with Crippen molar-refractivity contribution in [1.82, 2.24) is 0 Å². The fourth-order valence-corrected chi connectivity index (χ4v) is 1.16. The third-order valence-corrected chi connectivity index (χ3v) is 1.88. The maximum Gasteiger partial charge on any atom is 0.168 e. The molecule has 3 nitrogen and oxygen atoms in total. The summed E-state index contributed by atoms with van der Waals surface area (Å²) in [6.45, 7) is 0. The first-order valence-corrected chi connectivity index (χ1v) is 4.18. The highest BCUT2D eigenvalue weighted by atomic mass is 19.1. The van der Waals surface area contributed by atoms with Gasteiger partial charge < -0.3 is 14.6 Å². The first-order valence-electron chi connectivity index (χ1n) is 4.18. The van der Waals surface area contributed by atoms with Crippen molar-refractivity contribution in [3.63, 3.8) is 0 Å². The lowest BCUT2D eigenvalue weighted by atomic mass is 10.1. The molecule has 0 heterocycles. The molecule has 4 heteroatoms. The summed E-state index contributed by atoms with van der Waals surface area (Å²) in [5, 5.41) is 9.33. The predicted molar refractivity (Wildman–Crippen MR) is 49.0 cm³/mol. The number of aryl methyl sites for hydroxylation is 1. The van der Waals surface area contributed by atoms with Crippen LogP contribution in [0.15, 0.2) is 12.1 Å². The molecular formula is C10H11FO3. The van der Waals surface area contributed by atoms with Crippen LogP contribution in [0.25, 0.3) is 0 Å². The Morgan fingerprint density at radius 3 is 2.86 bits per heavy atom. The molecule has 1 aromatic rings. The largest absolute Gasteiger partial charge is 0.508 e. The summed E-state index contributed by atoms with van der Waals surface area (Å²) >= 11 is 0. The fourth-order valence-electron chi connectivity index (χ4n) is 1.16. The molecule has 0 aliphatic rings. The SMILES string of the molecule is COc1cc(CCC=O)c(O)cc1F. The van der Waals surface area contributed by atoms with Gasteiger partial charge in [0.05, 0.1) is 7.11 Å². The molecule has 14 heavy (non-hydrogen) atoms. The van der Waals surface area contributed by atoms with Gasteiger partial charge in [-0.25, -0.2) is 4.39 Å². The molecule has 76 valence electrons. The molecule has 0 bridgehead atoms. The van der Waals surface area contributed by atoms with Gasteiger partial charge in [0.25, 0.3) is 0 Å². The van der Waals surface area contributed by atoms with E-state index in [1.807, 2.05) is 0 Å². The number of rotatable bonds is 4. The second-order valence-electron chi connectivity index (χ2n) is 2.82. The monoisotopic (exact) mass is 198 g/mol. The van der Waals surface area contributed by atoms with Gasteiger partial charge in [0.1, 0.15) is 12.0 Å². The van der Waals surface area contributed by atoms with Gasteiger partial charge in [-0.2, -0.15) is 0 Å². The third-order valence-electron chi connectivity index (χ3n) is 1.88. The lowest BCUT2D eigenvalue weighted by Crippen LogP contribution is -1.93. The van der Waals surface area contributed by atoms with E-state index >= 15 is 0 Å². The number of carbonyl (C=O) groups is 1. The van der Waals surface area contributed by atoms with E-state index in [1.54, 1.807) is 0 Å². The van der Waals surface area contributed by atoms with Gasteiger partial charge in [0, 0.05) is 12.5 Å². The Labute approximate surface area is 81.1 Å². The number of phenols is 1. The first kappa shape index (κ1) is 10.5. The van der Waals surface area contributed by atoms with Gasteiger partial charge in [-0.1, -0.05) is 0 Å². The van der Waals surface area contributed by atoms with E-state index in [0.717, 1.165) is 12.4 Å². The average molecular weight is 198 g/mol. The maximum absolute atomic E-state index is 13.0. The predicted octanol–water partition coefficient (Wildman–Crippen LogP) is 1.67. The molecule has 1 N–H and O–H groups in total. The van der Waals surface area contributed by atoms with Gasteiger partial charge in [0.2, 0.25) is 0 Å². The van der Waals surface area contributed by atoms with E-state index in [-0.39, 0.29) is 11.5 Å². The molecule has 1 rings (SSSR count). The highest BCUT2D eigenvalue weighted by Crippen LogP contribution is 2.27. The van der Waals surface area contributed by atoms with Gasteiger partial charge in [-0.05, 0) is 18.1 Å². The Morgan fingerprint density at radius 1 is 1.57 bits per heavy atom. The first-order chi connectivity index (χ1) is 6.69. The highest BCUT2D eigenvalue weighted by Gasteiger charge is 2.08. The Balaban J connectivity index is 2.98. The van der Waals surface area contributed by atoms with Crippen molar-refractivity contribution >= 4 is 6.29 Å². The molecular weight excluding hydrogens is 187 g/mol. The lowest BCUT2D eigenvalue weighted by molar-refractivity contribution is -0.107. The minimum absolute atomic E-state index is 0.0729. The summed E-state index contributed by atoms with van der Waals surface area (Å²) in [5.41, 5.74) is 0.510. The van der Waals surface area contributed by atoms with Crippen molar-refractivity contribution in [3.8, 4) is 11.5 Å². The van der Waals surface area contributed by atoms with Crippen LogP contribution < -0.4 is 4.74 Å². The van der Waals surface area contributed by atoms with E-state index in [2.05, 4.69) is 0 Å². The number of benzene rings is 1. The number of phenolic OH excluding ortho intramolecular Hbond substituents is 1. The van der Waals surface area contributed by atoms with Crippen LogP contribution in [-0.4, -0.2) is 18.5 Å². The van der Waals surface area contributed by atoms with Crippen molar-refractivity contribution in [2.45, 2.75) is 12.8 Å². The summed E-state index contributed by atoms with van der Waals surface area (Å²) in [6, 6.07) is 2.38. The molecule has 0 saturated carbocycles. The van der Waals surface area contributed by atoms with Crippen LogP contribution in [-0.2, 0) is 11.2 Å². The van der Waals surface area contributed by atoms with Crippen molar-refractivity contribution in [2.24, 2.45) is 0 Å². The number of methoxy groups -OCH3 is 1. The molecule has 0 aromatic heterocycles. The molecule has 0 unspecified atom stereocenters. The molecule has 0 aliphatic carbocycles. The highest BCUT2D eigenvalue weighted by molar-refractivity contribution is 5.51. The molecule has 0 atom stereocenters. The molecule has 1 aromatic carbocycles. The fraction of sp³-hybridized carbons (Fsp3) is 0.300. The van der Waals surface area contributed by atoms with Crippen LogP contribution in [0.4, 0.5) is 4.39 Å². The van der Waals surface area contributed by atoms with E-state index < -0.39 is 5.82 Å². The number of carbonyl (C=O) groups excluding carboxylic acids is 1. The maximum atomic E-state index is 13.0. The topological polar surface area (TPSA) is 46.5 Å². The second-order valence-corrected chi connectivity index (χ2v) is 2.82. The van der Waals surface area contributed by atoms with E-state index in [4.69, 9.17) is 4.74 Å². The molecule has 0 spiro atoms. The zero-order chi connectivity index (χ0) is 10.6. The minimum Gasteiger partial charge on any atom is -0.508 e. The molecule has 0 fully saturated rings. The van der Waals surface area contributed by atoms with Crippen molar-refractivity contribution in [2.75, 3.05) is 7.11 Å². The summed E-state index contributed by atoms with van der Waals surface area (Å²) in [5.74, 6) is -0.686. The number of hydrogen-bond acceptors (Lipinski definition) is 3. The summed E-state index contributed by atoms with van der Waals surface area (Å²) in [6.07, 6.45) is 1.42. The van der Waals surface area contributed by atoms with E-state index in [0.29, 0.717) is 18.4 Å². The average Bonchev–Trinajstić information content (AvgIpc) is 2.17. The zero-order valence-electron chi connectivity index (χ0n) is 7.79. The minimum atomic E-state index is -0.611. The van der Waals surface area contributed by atoms with Gasteiger partial charge in [-0.3, -0.25) is 0 Å². The normalized spacial score (nSPS) is 9.86. The van der Waals surface area contributed by atoms with Crippen LogP contribution in [0.5, 0.6) is 11.5 Å². The van der Waals surface area contributed by atoms with Crippen molar-refractivity contribution in [3.05, 3.63) is 23.5 Å². The molecule has 0 amide bonds. The Kier molecular flexibility index (Phi) is 3.45. The quantitative estimate of drug-likeness (QED) is 0.748. The van der Waals surface area contributed by atoms with E-state index in [1.165, 1.54) is 13.2 Å². The van der Waals surface area contributed by atoms with Crippen molar-refractivity contribution < 1.29 is 19.0 Å². The summed E-state index contributed by atoms with van der Waals surface area (Å²) in [4.78, 5) is 10.1. The zero-order valence-corrected chi connectivity index (χ0v) is 7.79. The van der Waals surface area contributed by atoms with Crippen LogP contribution in [0.1, 0.15) is 12.0 Å². The van der Waals surface area contributed by atoms with Crippen LogP contribution in [0.2, 0.25) is 0 Å². The second kappa shape index (κ2) is 4.60. The number of aldehydes is 1. The number of hydrogen-bond donors (Lipinski definition) is 1. The smallest absolute Gasteiger partial charge is 0.168 e. The molecule has 0 saturated heterocycles. The Bertz CT molecular complexity index is 336. The molecule has 0 radical (unpaired) electrons. The summed E-state index contributed by atoms with van der Waals surface area (Å²) < 4.78 is 17.7. The van der Waals surface area contributed by atoms with Gasteiger partial charge in [-0.15, -0.1) is 0 Å². The van der Waals surface area contributed by atoms with Crippen molar-refractivity contribution in [1.29, 1.82) is 0 Å². The lowest BCUT2D eigenvalue weighted by Gasteiger charge is -2.06. The third kappa shape index (κ3) is 2.22.